The molecule has 1 heterocycles. The number of hydrogen-bond acceptors (Lipinski definition) is 6. The zero-order valence-corrected chi connectivity index (χ0v) is 17.1. The van der Waals surface area contributed by atoms with E-state index in [0.29, 0.717) is 16.9 Å². The number of anilines is 1. The van der Waals surface area contributed by atoms with Gasteiger partial charge in [0.05, 0.1) is 16.5 Å². The molecule has 0 atom stereocenters. The van der Waals surface area contributed by atoms with Crippen LogP contribution in [0.4, 0.5) is 5.69 Å². The van der Waals surface area contributed by atoms with Crippen molar-refractivity contribution < 1.29 is 16.8 Å². The molecule has 2 aromatic carbocycles. The molecule has 0 aliphatic rings. The molecule has 3 aromatic rings. The average molecular weight is 438 g/mol. The summed E-state index contributed by atoms with van der Waals surface area (Å²) in [7, 11) is -7.31. The van der Waals surface area contributed by atoms with E-state index in [1.54, 1.807) is 36.4 Å². The smallest absolute Gasteiger partial charge is 0.263 e. The van der Waals surface area contributed by atoms with Crippen LogP contribution in [-0.4, -0.2) is 32.8 Å². The monoisotopic (exact) mass is 437 g/mol. The van der Waals surface area contributed by atoms with Gasteiger partial charge in [-0.1, -0.05) is 42.8 Å². The number of nitrogens with zero attached hydrogens (tertiary/aromatic N) is 2. The molecular weight excluding hydrogens is 422 g/mol. The van der Waals surface area contributed by atoms with Gasteiger partial charge in [-0.15, -0.1) is 10.2 Å². The molecule has 0 radical (unpaired) electrons. The summed E-state index contributed by atoms with van der Waals surface area (Å²) in [6.45, 7) is 1.53. The van der Waals surface area contributed by atoms with Gasteiger partial charge in [0.1, 0.15) is 4.90 Å². The number of rotatable bonds is 6. The number of nitrogens with one attached hydrogen (secondary N) is 1. The average Bonchev–Trinajstić information content (AvgIpc) is 2.68. The van der Waals surface area contributed by atoms with E-state index in [1.165, 1.54) is 31.2 Å². The Morgan fingerprint density at radius 1 is 0.929 bits per heavy atom. The first-order valence-corrected chi connectivity index (χ1v) is 11.7. The standard InChI is InChI=1S/C18H16ClN3O4S2/c1-2-27(23,24)18-11-10-16(20-21-18)13-6-5-7-14(12-13)22-28(25,26)17-9-4-3-8-15(17)19/h3-12,22H,2H2,1H3. The van der Waals surface area contributed by atoms with Crippen LogP contribution in [0.1, 0.15) is 6.92 Å². The van der Waals surface area contributed by atoms with Gasteiger partial charge in [0.2, 0.25) is 0 Å². The maximum absolute atomic E-state index is 12.6. The van der Waals surface area contributed by atoms with E-state index in [-0.39, 0.29) is 20.7 Å². The van der Waals surface area contributed by atoms with E-state index in [1.807, 2.05) is 0 Å². The molecule has 7 nitrogen and oxygen atoms in total. The zero-order valence-electron chi connectivity index (χ0n) is 14.7. The minimum absolute atomic E-state index is 0.0315. The van der Waals surface area contributed by atoms with Gasteiger partial charge < -0.3 is 0 Å². The van der Waals surface area contributed by atoms with Crippen molar-refractivity contribution in [1.29, 1.82) is 0 Å². The van der Waals surface area contributed by atoms with Crippen LogP contribution < -0.4 is 4.72 Å². The molecule has 0 spiro atoms. The molecular formula is C18H16ClN3O4S2. The summed E-state index contributed by atoms with van der Waals surface area (Å²) in [5.41, 5.74) is 1.30. The van der Waals surface area contributed by atoms with Gasteiger partial charge in [0.25, 0.3) is 10.0 Å². The SMILES string of the molecule is CCS(=O)(=O)c1ccc(-c2cccc(NS(=O)(=O)c3ccccc3Cl)c2)nn1. The van der Waals surface area contributed by atoms with Crippen molar-refractivity contribution in [3.05, 3.63) is 65.7 Å². The minimum atomic E-state index is -3.87. The van der Waals surface area contributed by atoms with Crippen LogP contribution in [0.5, 0.6) is 0 Å². The Balaban J connectivity index is 1.90. The van der Waals surface area contributed by atoms with Crippen molar-refractivity contribution in [3.63, 3.8) is 0 Å². The predicted octanol–water partition coefficient (Wildman–Crippen LogP) is 3.39. The first-order chi connectivity index (χ1) is 13.2. The normalized spacial score (nSPS) is 11.9. The number of halogens is 1. The van der Waals surface area contributed by atoms with Gasteiger partial charge in [-0.2, -0.15) is 0 Å². The maximum Gasteiger partial charge on any atom is 0.263 e. The maximum atomic E-state index is 12.6. The molecule has 0 fully saturated rings. The fourth-order valence-corrected chi connectivity index (χ4v) is 4.71. The van der Waals surface area contributed by atoms with Crippen LogP contribution in [0, 0.1) is 0 Å². The Labute approximate surface area is 168 Å². The molecule has 0 amide bonds. The van der Waals surface area contributed by atoms with Crippen molar-refractivity contribution >= 4 is 37.1 Å². The Bertz CT molecular complexity index is 1210. The van der Waals surface area contributed by atoms with Gasteiger partial charge in [-0.3, -0.25) is 4.72 Å². The van der Waals surface area contributed by atoms with Gasteiger partial charge >= 0.3 is 0 Å². The van der Waals surface area contributed by atoms with E-state index < -0.39 is 19.9 Å². The summed E-state index contributed by atoms with van der Waals surface area (Å²) in [5.74, 6) is -0.0691. The first-order valence-electron chi connectivity index (χ1n) is 8.17. The van der Waals surface area contributed by atoms with Crippen molar-refractivity contribution in [2.75, 3.05) is 10.5 Å². The third-order valence-corrected chi connectivity index (χ3v) is 7.37. The Hall–Kier alpha value is -2.49. The number of sulfone groups is 1. The van der Waals surface area contributed by atoms with Crippen LogP contribution in [-0.2, 0) is 19.9 Å². The molecule has 1 aromatic heterocycles. The molecule has 10 heteroatoms. The Kier molecular flexibility index (Phi) is 5.69. The summed E-state index contributed by atoms with van der Waals surface area (Å²) < 4.78 is 51.3. The first kappa shape index (κ1) is 20.2. The number of sulfonamides is 1. The van der Waals surface area contributed by atoms with Crippen LogP contribution >= 0.6 is 11.6 Å². The molecule has 0 unspecified atom stereocenters. The molecule has 3 rings (SSSR count). The lowest BCUT2D eigenvalue weighted by molar-refractivity contribution is 0.591. The summed E-state index contributed by atoms with van der Waals surface area (Å²) in [5, 5.41) is 7.73. The molecule has 28 heavy (non-hydrogen) atoms. The van der Waals surface area contributed by atoms with E-state index in [4.69, 9.17) is 11.6 Å². The van der Waals surface area contributed by atoms with Crippen LogP contribution in [0.3, 0.4) is 0 Å². The van der Waals surface area contributed by atoms with Gasteiger partial charge in [-0.05, 0) is 36.4 Å². The highest BCUT2D eigenvalue weighted by Crippen LogP contribution is 2.26. The highest BCUT2D eigenvalue weighted by Gasteiger charge is 2.18. The van der Waals surface area contributed by atoms with Crippen molar-refractivity contribution in [2.24, 2.45) is 0 Å². The quantitative estimate of drug-likeness (QED) is 0.633. The fourth-order valence-electron chi connectivity index (χ4n) is 2.40. The minimum Gasteiger partial charge on any atom is -0.280 e. The highest BCUT2D eigenvalue weighted by molar-refractivity contribution is 7.92. The number of benzene rings is 2. The second-order valence-corrected chi connectivity index (χ2v) is 10.1. The Morgan fingerprint density at radius 2 is 1.68 bits per heavy atom. The molecule has 1 N–H and O–H groups in total. The van der Waals surface area contributed by atoms with E-state index in [0.717, 1.165) is 0 Å². The number of hydrogen-bond donors (Lipinski definition) is 1. The van der Waals surface area contributed by atoms with Crippen molar-refractivity contribution in [1.82, 2.24) is 10.2 Å². The topological polar surface area (TPSA) is 106 Å². The zero-order chi connectivity index (χ0) is 20.4. The highest BCUT2D eigenvalue weighted by atomic mass is 35.5. The van der Waals surface area contributed by atoms with Crippen molar-refractivity contribution in [2.45, 2.75) is 16.8 Å². The molecule has 146 valence electrons. The fraction of sp³-hybridized carbons (Fsp3) is 0.111. The third kappa shape index (κ3) is 4.32. The molecule has 0 aliphatic carbocycles. The van der Waals surface area contributed by atoms with Gasteiger partial charge in [0.15, 0.2) is 14.9 Å². The van der Waals surface area contributed by atoms with E-state index in [2.05, 4.69) is 14.9 Å². The predicted molar refractivity (Wildman–Crippen MR) is 107 cm³/mol. The van der Waals surface area contributed by atoms with Crippen LogP contribution in [0.15, 0.2) is 70.6 Å². The lowest BCUT2D eigenvalue weighted by Gasteiger charge is -2.10. The van der Waals surface area contributed by atoms with Gasteiger partial charge in [0, 0.05) is 11.3 Å². The Morgan fingerprint density at radius 3 is 2.32 bits per heavy atom. The summed E-state index contributed by atoms with van der Waals surface area (Å²) >= 11 is 5.98. The van der Waals surface area contributed by atoms with E-state index in [9.17, 15) is 16.8 Å². The molecule has 0 aliphatic heterocycles. The number of aromatic nitrogens is 2. The van der Waals surface area contributed by atoms with Crippen LogP contribution in [0.2, 0.25) is 5.02 Å². The van der Waals surface area contributed by atoms with E-state index >= 15 is 0 Å². The van der Waals surface area contributed by atoms with Crippen molar-refractivity contribution in [3.8, 4) is 11.3 Å². The van der Waals surface area contributed by atoms with Crippen LogP contribution in [0.25, 0.3) is 11.3 Å². The molecule has 0 saturated carbocycles. The summed E-state index contributed by atoms with van der Waals surface area (Å²) in [4.78, 5) is -0.0315. The van der Waals surface area contributed by atoms with Gasteiger partial charge in [-0.25, -0.2) is 16.8 Å². The summed E-state index contributed by atoms with van der Waals surface area (Å²) in [6, 6.07) is 15.6. The third-order valence-electron chi connectivity index (χ3n) is 3.88. The lowest BCUT2D eigenvalue weighted by atomic mass is 10.1. The summed E-state index contributed by atoms with van der Waals surface area (Å²) in [6.07, 6.45) is 0. The second kappa shape index (κ2) is 7.86. The second-order valence-electron chi connectivity index (χ2n) is 5.78. The largest absolute Gasteiger partial charge is 0.280 e. The lowest BCUT2D eigenvalue weighted by Crippen LogP contribution is -2.13. The molecule has 0 saturated heterocycles. The molecule has 0 bridgehead atoms.